The number of benzene rings is 1. The molecule has 3 nitrogen and oxygen atoms in total. The Kier molecular flexibility index (Phi) is 4.21. The Morgan fingerprint density at radius 2 is 1.96 bits per heavy atom. The van der Waals surface area contributed by atoms with Crippen molar-refractivity contribution in [3.8, 4) is 11.3 Å². The van der Waals surface area contributed by atoms with Crippen LogP contribution in [0.5, 0.6) is 0 Å². The molecule has 0 aliphatic carbocycles. The van der Waals surface area contributed by atoms with Crippen molar-refractivity contribution in [3.63, 3.8) is 0 Å². The topological polar surface area (TPSA) is 29.9 Å². The van der Waals surface area contributed by atoms with Gasteiger partial charge in [-0.25, -0.2) is 0 Å². The maximum Gasteiger partial charge on any atom is 0.0759 e. The SMILES string of the molecule is Clc1ccc(-c2c3c(nn2Cc2cccs2)CCNCC3)cc1. The third-order valence-corrected chi connectivity index (χ3v) is 5.34. The second-order valence-electron chi connectivity index (χ2n) is 5.77. The van der Waals surface area contributed by atoms with Gasteiger partial charge >= 0.3 is 0 Å². The molecule has 0 saturated heterocycles. The van der Waals surface area contributed by atoms with E-state index in [4.69, 9.17) is 16.7 Å². The lowest BCUT2D eigenvalue weighted by Gasteiger charge is -2.10. The molecule has 0 bridgehead atoms. The van der Waals surface area contributed by atoms with Gasteiger partial charge in [-0.3, -0.25) is 4.68 Å². The van der Waals surface area contributed by atoms with E-state index < -0.39 is 0 Å². The highest BCUT2D eigenvalue weighted by molar-refractivity contribution is 7.09. The van der Waals surface area contributed by atoms with E-state index in [0.717, 1.165) is 37.5 Å². The average Bonchev–Trinajstić information content (AvgIpc) is 3.11. The van der Waals surface area contributed by atoms with Crippen LogP contribution in [-0.4, -0.2) is 22.9 Å². The number of hydrogen-bond acceptors (Lipinski definition) is 3. The van der Waals surface area contributed by atoms with Gasteiger partial charge in [0.2, 0.25) is 0 Å². The van der Waals surface area contributed by atoms with Crippen LogP contribution in [-0.2, 0) is 19.4 Å². The minimum Gasteiger partial charge on any atom is -0.316 e. The number of aromatic nitrogens is 2. The molecule has 0 unspecified atom stereocenters. The lowest BCUT2D eigenvalue weighted by molar-refractivity contribution is 0.659. The summed E-state index contributed by atoms with van der Waals surface area (Å²) in [6.07, 6.45) is 2.02. The highest BCUT2D eigenvalue weighted by Gasteiger charge is 2.20. The maximum atomic E-state index is 6.07. The fraction of sp³-hybridized carbons (Fsp3) is 0.278. The van der Waals surface area contributed by atoms with Crippen molar-refractivity contribution in [1.29, 1.82) is 0 Å². The molecule has 1 N–H and O–H groups in total. The summed E-state index contributed by atoms with van der Waals surface area (Å²) in [7, 11) is 0. The van der Waals surface area contributed by atoms with Crippen molar-refractivity contribution in [2.24, 2.45) is 0 Å². The minimum absolute atomic E-state index is 0.769. The van der Waals surface area contributed by atoms with Gasteiger partial charge in [-0.15, -0.1) is 11.3 Å². The Morgan fingerprint density at radius 3 is 2.74 bits per heavy atom. The molecule has 2 aromatic heterocycles. The van der Waals surface area contributed by atoms with Crippen LogP contribution in [0, 0.1) is 0 Å². The van der Waals surface area contributed by atoms with E-state index in [1.54, 1.807) is 11.3 Å². The van der Waals surface area contributed by atoms with E-state index in [-0.39, 0.29) is 0 Å². The summed E-state index contributed by atoms with van der Waals surface area (Å²) in [4.78, 5) is 1.33. The van der Waals surface area contributed by atoms with Crippen molar-refractivity contribution in [1.82, 2.24) is 15.1 Å². The van der Waals surface area contributed by atoms with Gasteiger partial charge in [0.1, 0.15) is 0 Å². The number of nitrogens with zero attached hydrogens (tertiary/aromatic N) is 2. The first-order valence-electron chi connectivity index (χ1n) is 7.89. The molecule has 0 spiro atoms. The second kappa shape index (κ2) is 6.48. The first-order valence-corrected chi connectivity index (χ1v) is 9.14. The van der Waals surface area contributed by atoms with Crippen LogP contribution in [0.25, 0.3) is 11.3 Å². The largest absolute Gasteiger partial charge is 0.316 e. The normalized spacial score (nSPS) is 14.5. The van der Waals surface area contributed by atoms with Gasteiger partial charge < -0.3 is 5.32 Å². The van der Waals surface area contributed by atoms with E-state index in [2.05, 4.69) is 39.6 Å². The van der Waals surface area contributed by atoms with Gasteiger partial charge in [-0.2, -0.15) is 5.10 Å². The van der Waals surface area contributed by atoms with Crippen LogP contribution < -0.4 is 5.32 Å². The fourth-order valence-corrected chi connectivity index (χ4v) is 3.96. The minimum atomic E-state index is 0.769. The van der Waals surface area contributed by atoms with Crippen LogP contribution in [0.4, 0.5) is 0 Å². The Labute approximate surface area is 144 Å². The lowest BCUT2D eigenvalue weighted by atomic mass is 10.0. The van der Waals surface area contributed by atoms with Gasteiger partial charge in [0.15, 0.2) is 0 Å². The fourth-order valence-electron chi connectivity index (χ4n) is 3.15. The molecule has 4 rings (SSSR count). The smallest absolute Gasteiger partial charge is 0.0759 e. The molecule has 5 heteroatoms. The van der Waals surface area contributed by atoms with Gasteiger partial charge in [-0.05, 0) is 36.5 Å². The van der Waals surface area contributed by atoms with Crippen LogP contribution in [0.3, 0.4) is 0 Å². The van der Waals surface area contributed by atoms with E-state index in [1.807, 2.05) is 12.1 Å². The molecular weight excluding hydrogens is 326 g/mol. The van der Waals surface area contributed by atoms with Crippen molar-refractivity contribution < 1.29 is 0 Å². The quantitative estimate of drug-likeness (QED) is 0.779. The van der Waals surface area contributed by atoms with Crippen molar-refractivity contribution in [2.45, 2.75) is 19.4 Å². The zero-order valence-electron chi connectivity index (χ0n) is 12.8. The van der Waals surface area contributed by atoms with E-state index in [9.17, 15) is 0 Å². The molecule has 0 radical (unpaired) electrons. The highest BCUT2D eigenvalue weighted by atomic mass is 35.5. The summed E-state index contributed by atoms with van der Waals surface area (Å²) in [6.45, 7) is 2.84. The van der Waals surface area contributed by atoms with Crippen LogP contribution >= 0.6 is 22.9 Å². The Bertz CT molecular complexity index is 791. The molecule has 0 fully saturated rings. The number of halogens is 1. The average molecular weight is 344 g/mol. The van der Waals surface area contributed by atoms with E-state index in [0.29, 0.717) is 0 Å². The molecule has 1 aliphatic rings. The van der Waals surface area contributed by atoms with Gasteiger partial charge in [0.25, 0.3) is 0 Å². The van der Waals surface area contributed by atoms with Crippen molar-refractivity contribution >= 4 is 22.9 Å². The van der Waals surface area contributed by atoms with E-state index in [1.165, 1.54) is 27.4 Å². The molecule has 0 amide bonds. The van der Waals surface area contributed by atoms with Crippen molar-refractivity contribution in [3.05, 3.63) is 62.9 Å². The number of fused-ring (bicyclic) bond motifs is 1. The summed E-state index contributed by atoms with van der Waals surface area (Å²) >= 11 is 7.85. The van der Waals surface area contributed by atoms with Crippen LogP contribution in [0.2, 0.25) is 5.02 Å². The monoisotopic (exact) mass is 343 g/mol. The van der Waals surface area contributed by atoms with Gasteiger partial charge in [0, 0.05) is 34.0 Å². The summed E-state index contributed by atoms with van der Waals surface area (Å²) in [5, 5.41) is 11.3. The third kappa shape index (κ3) is 3.07. The molecule has 23 heavy (non-hydrogen) atoms. The van der Waals surface area contributed by atoms with Crippen molar-refractivity contribution in [2.75, 3.05) is 13.1 Å². The number of rotatable bonds is 3. The van der Waals surface area contributed by atoms with Gasteiger partial charge in [0.05, 0.1) is 17.9 Å². The number of nitrogens with one attached hydrogen (secondary N) is 1. The predicted molar refractivity (Wildman–Crippen MR) is 96.4 cm³/mol. The number of hydrogen-bond donors (Lipinski definition) is 1. The molecule has 1 aliphatic heterocycles. The summed E-state index contributed by atoms with van der Waals surface area (Å²) in [5.41, 5.74) is 5.06. The third-order valence-electron chi connectivity index (χ3n) is 4.23. The second-order valence-corrected chi connectivity index (χ2v) is 7.24. The van der Waals surface area contributed by atoms with E-state index >= 15 is 0 Å². The first-order chi connectivity index (χ1) is 11.3. The summed E-state index contributed by atoms with van der Waals surface area (Å²) < 4.78 is 2.17. The zero-order chi connectivity index (χ0) is 15.6. The number of thiophene rings is 1. The Hall–Kier alpha value is -1.62. The first kappa shape index (κ1) is 14.9. The molecule has 3 heterocycles. The molecule has 118 valence electrons. The predicted octanol–water partition coefficient (Wildman–Crippen LogP) is 4.00. The summed E-state index contributed by atoms with van der Waals surface area (Å²) in [6, 6.07) is 12.4. The summed E-state index contributed by atoms with van der Waals surface area (Å²) in [5.74, 6) is 0. The lowest BCUT2D eigenvalue weighted by Crippen LogP contribution is -2.17. The standard InChI is InChI=1S/C18H18ClN3S/c19-14-5-3-13(4-6-14)18-16-7-9-20-10-8-17(16)21-22(18)12-15-2-1-11-23-15/h1-6,11,20H,7-10,12H2. The Balaban J connectivity index is 1.82. The van der Waals surface area contributed by atoms with Crippen LogP contribution in [0.15, 0.2) is 41.8 Å². The molecular formula is C18H18ClN3S. The molecule has 0 saturated carbocycles. The van der Waals surface area contributed by atoms with Gasteiger partial charge in [-0.1, -0.05) is 29.8 Å². The highest BCUT2D eigenvalue weighted by Crippen LogP contribution is 2.30. The molecule has 0 atom stereocenters. The van der Waals surface area contributed by atoms with Crippen LogP contribution in [0.1, 0.15) is 16.1 Å². The zero-order valence-corrected chi connectivity index (χ0v) is 14.3. The maximum absolute atomic E-state index is 6.07. The Morgan fingerprint density at radius 1 is 1.13 bits per heavy atom. The molecule has 3 aromatic rings. The molecule has 1 aromatic carbocycles.